The van der Waals surface area contributed by atoms with Crippen molar-refractivity contribution >= 4 is 22.6 Å². The molecule has 1 aliphatic heterocycles. The number of nitrogens with zero attached hydrogens (tertiary/aromatic N) is 4. The molecule has 1 aliphatic rings. The van der Waals surface area contributed by atoms with Crippen molar-refractivity contribution in [1.29, 1.82) is 0 Å². The Morgan fingerprint density at radius 2 is 1.83 bits per heavy atom. The van der Waals surface area contributed by atoms with Crippen LogP contribution in [0, 0.1) is 13.8 Å². The van der Waals surface area contributed by atoms with Gasteiger partial charge in [-0.15, -0.1) is 0 Å². The smallest absolute Gasteiger partial charge is 0.259 e. The van der Waals surface area contributed by atoms with Crippen LogP contribution in [0.25, 0.3) is 22.3 Å². The monoisotopic (exact) mass is 396 g/mol. The number of carbonyl (C=O) groups excluding carboxylic acids is 1. The lowest BCUT2D eigenvalue weighted by molar-refractivity contribution is 0.0986. The lowest BCUT2D eigenvalue weighted by Gasteiger charge is -2.31. The number of benzene rings is 2. The van der Waals surface area contributed by atoms with Gasteiger partial charge < -0.3 is 4.90 Å². The zero-order valence-corrected chi connectivity index (χ0v) is 17.5. The number of rotatable bonds is 2. The molecule has 0 N–H and O–H groups in total. The molecule has 5 heteroatoms. The fourth-order valence-corrected chi connectivity index (χ4v) is 4.57. The van der Waals surface area contributed by atoms with Crippen molar-refractivity contribution in [2.24, 2.45) is 7.05 Å². The molecule has 150 valence electrons. The molecule has 3 heterocycles. The molecule has 0 unspecified atom stereocenters. The molecule has 4 aromatic rings. The zero-order chi connectivity index (χ0) is 20.8. The van der Waals surface area contributed by atoms with E-state index in [9.17, 15) is 4.79 Å². The third-order valence-electron chi connectivity index (χ3n) is 5.93. The van der Waals surface area contributed by atoms with Crippen molar-refractivity contribution in [3.63, 3.8) is 0 Å². The van der Waals surface area contributed by atoms with Crippen molar-refractivity contribution in [1.82, 2.24) is 14.8 Å². The predicted molar refractivity (Wildman–Crippen MR) is 120 cm³/mol. The number of para-hydroxylation sites is 1. The van der Waals surface area contributed by atoms with Crippen LogP contribution < -0.4 is 4.90 Å². The summed E-state index contributed by atoms with van der Waals surface area (Å²) in [5.41, 5.74) is 7.44. The van der Waals surface area contributed by atoms with Crippen LogP contribution in [0.5, 0.6) is 0 Å². The molecule has 0 aliphatic carbocycles. The summed E-state index contributed by atoms with van der Waals surface area (Å²) < 4.78 is 1.77. The molecule has 0 saturated heterocycles. The van der Waals surface area contributed by atoms with Gasteiger partial charge in [-0.3, -0.25) is 9.48 Å². The number of hydrogen-bond acceptors (Lipinski definition) is 3. The molecule has 0 saturated carbocycles. The van der Waals surface area contributed by atoms with Crippen molar-refractivity contribution in [3.8, 4) is 11.3 Å². The first-order valence-electron chi connectivity index (χ1n) is 10.3. The molecule has 2 aromatic heterocycles. The maximum absolute atomic E-state index is 13.9. The largest absolute Gasteiger partial charge is 0.308 e. The van der Waals surface area contributed by atoms with Crippen molar-refractivity contribution in [2.75, 3.05) is 11.4 Å². The second kappa shape index (κ2) is 7.10. The summed E-state index contributed by atoms with van der Waals surface area (Å²) in [5.74, 6) is 0.0194. The van der Waals surface area contributed by atoms with Gasteiger partial charge in [-0.1, -0.05) is 48.5 Å². The van der Waals surface area contributed by atoms with Crippen LogP contribution >= 0.6 is 0 Å². The van der Waals surface area contributed by atoms with Gasteiger partial charge in [0.1, 0.15) is 0 Å². The molecule has 5 rings (SSSR count). The molecule has 0 atom stereocenters. The van der Waals surface area contributed by atoms with E-state index in [2.05, 4.69) is 30.2 Å². The average molecular weight is 396 g/mol. The van der Waals surface area contributed by atoms with Crippen LogP contribution in [0.15, 0.2) is 54.6 Å². The molecule has 0 radical (unpaired) electrons. The molecule has 30 heavy (non-hydrogen) atoms. The predicted octanol–water partition coefficient (Wildman–Crippen LogP) is 4.85. The molecular weight excluding hydrogens is 372 g/mol. The Hall–Kier alpha value is -3.47. The van der Waals surface area contributed by atoms with E-state index in [4.69, 9.17) is 4.98 Å². The van der Waals surface area contributed by atoms with E-state index in [1.54, 1.807) is 4.68 Å². The number of carbonyl (C=O) groups is 1. The van der Waals surface area contributed by atoms with Gasteiger partial charge in [-0.2, -0.15) is 5.10 Å². The summed E-state index contributed by atoms with van der Waals surface area (Å²) in [6.45, 7) is 4.75. The first-order chi connectivity index (χ1) is 14.5. The Kier molecular flexibility index (Phi) is 4.39. The van der Waals surface area contributed by atoms with Crippen molar-refractivity contribution < 1.29 is 4.79 Å². The van der Waals surface area contributed by atoms with E-state index < -0.39 is 0 Å². The highest BCUT2D eigenvalue weighted by atomic mass is 16.2. The molecule has 5 nitrogen and oxygen atoms in total. The standard InChI is InChI=1S/C25H24N4O/c1-16-9-7-12-19-13-8-14-29(23(16)19)25(30)20-15-21(18-10-5-4-6-11-18)26-24-22(20)17(2)27-28(24)3/h4-7,9-12,15H,8,13-14H2,1-3H3. The number of anilines is 1. The van der Waals surface area contributed by atoms with Gasteiger partial charge in [0.15, 0.2) is 5.65 Å². The van der Waals surface area contributed by atoms with E-state index >= 15 is 0 Å². The lowest BCUT2D eigenvalue weighted by Crippen LogP contribution is -2.36. The molecule has 0 bridgehead atoms. The summed E-state index contributed by atoms with van der Waals surface area (Å²) in [4.78, 5) is 20.7. The maximum Gasteiger partial charge on any atom is 0.259 e. The fourth-order valence-electron chi connectivity index (χ4n) is 4.57. The number of aromatic nitrogens is 3. The molecule has 1 amide bonds. The van der Waals surface area contributed by atoms with Gasteiger partial charge in [0.05, 0.1) is 28.0 Å². The van der Waals surface area contributed by atoms with Crippen molar-refractivity contribution in [3.05, 3.63) is 77.0 Å². The average Bonchev–Trinajstić information content (AvgIpc) is 3.06. The maximum atomic E-state index is 13.9. The summed E-state index contributed by atoms with van der Waals surface area (Å²) >= 11 is 0. The number of fused-ring (bicyclic) bond motifs is 2. The first-order valence-corrected chi connectivity index (χ1v) is 10.3. The van der Waals surface area contributed by atoms with Crippen LogP contribution in [0.1, 0.15) is 33.6 Å². The van der Waals surface area contributed by atoms with E-state index in [1.165, 1.54) is 5.56 Å². The SMILES string of the molecule is Cc1cccc2c1N(C(=O)c1cc(-c3ccccc3)nc3c1c(C)nn3C)CCC2. The Balaban J connectivity index is 1.72. The quantitative estimate of drug-likeness (QED) is 0.487. The Morgan fingerprint density at radius 1 is 1.03 bits per heavy atom. The minimum atomic E-state index is 0.0194. The lowest BCUT2D eigenvalue weighted by atomic mass is 9.96. The van der Waals surface area contributed by atoms with Crippen LogP contribution in [0.2, 0.25) is 0 Å². The van der Waals surface area contributed by atoms with Gasteiger partial charge in [0.2, 0.25) is 0 Å². The third-order valence-corrected chi connectivity index (χ3v) is 5.93. The number of amides is 1. The minimum absolute atomic E-state index is 0.0194. The van der Waals surface area contributed by atoms with Gasteiger partial charge in [0, 0.05) is 19.2 Å². The van der Waals surface area contributed by atoms with Gasteiger partial charge in [0.25, 0.3) is 5.91 Å². The topological polar surface area (TPSA) is 51.0 Å². The van der Waals surface area contributed by atoms with E-state index in [-0.39, 0.29) is 5.91 Å². The summed E-state index contributed by atoms with van der Waals surface area (Å²) in [7, 11) is 1.88. The highest BCUT2D eigenvalue weighted by Crippen LogP contribution is 2.34. The van der Waals surface area contributed by atoms with Gasteiger partial charge >= 0.3 is 0 Å². The third kappa shape index (κ3) is 2.89. The normalized spacial score (nSPS) is 13.5. The highest BCUT2D eigenvalue weighted by molar-refractivity contribution is 6.15. The van der Waals surface area contributed by atoms with Gasteiger partial charge in [-0.05, 0) is 43.9 Å². The first kappa shape index (κ1) is 18.6. The molecule has 2 aromatic carbocycles. The van der Waals surface area contributed by atoms with E-state index in [0.717, 1.165) is 58.6 Å². The van der Waals surface area contributed by atoms with E-state index in [1.807, 2.05) is 55.3 Å². The second-order valence-corrected chi connectivity index (χ2v) is 7.97. The zero-order valence-electron chi connectivity index (χ0n) is 17.5. The van der Waals surface area contributed by atoms with E-state index in [0.29, 0.717) is 5.56 Å². The number of pyridine rings is 1. The minimum Gasteiger partial charge on any atom is -0.308 e. The fraction of sp³-hybridized carbons (Fsp3) is 0.240. The Morgan fingerprint density at radius 3 is 2.63 bits per heavy atom. The Labute approximate surface area is 176 Å². The van der Waals surface area contributed by atoms with Crippen LogP contribution in [-0.4, -0.2) is 27.2 Å². The van der Waals surface area contributed by atoms with Crippen molar-refractivity contribution in [2.45, 2.75) is 26.7 Å². The molecular formula is C25H24N4O. The second-order valence-electron chi connectivity index (χ2n) is 7.97. The van der Waals surface area contributed by atoms with Crippen LogP contribution in [-0.2, 0) is 13.5 Å². The van der Waals surface area contributed by atoms with Gasteiger partial charge in [-0.25, -0.2) is 4.98 Å². The summed E-state index contributed by atoms with van der Waals surface area (Å²) in [6, 6.07) is 18.2. The van der Waals surface area contributed by atoms with Crippen LogP contribution in [0.3, 0.4) is 0 Å². The number of aryl methyl sites for hydroxylation is 4. The highest BCUT2D eigenvalue weighted by Gasteiger charge is 2.28. The van der Waals surface area contributed by atoms with Crippen LogP contribution in [0.4, 0.5) is 5.69 Å². The summed E-state index contributed by atoms with van der Waals surface area (Å²) in [5, 5.41) is 5.39. The molecule has 0 spiro atoms. The molecule has 0 fully saturated rings. The number of hydrogen-bond donors (Lipinski definition) is 0. The summed E-state index contributed by atoms with van der Waals surface area (Å²) in [6.07, 6.45) is 1.97. The Bertz CT molecular complexity index is 1270.